The van der Waals surface area contributed by atoms with Gasteiger partial charge in [-0.1, -0.05) is 62.7 Å². The summed E-state index contributed by atoms with van der Waals surface area (Å²) in [7, 11) is 0. The molecular weight excluding hydrogens is 478 g/mol. The highest BCUT2D eigenvalue weighted by molar-refractivity contribution is 5.72. The topological polar surface area (TPSA) is 112 Å². The molecule has 2 heterocycles. The summed E-state index contributed by atoms with van der Waals surface area (Å²) in [4.78, 5) is 16.5. The molecule has 0 amide bonds. The molecule has 2 aromatic heterocycles. The van der Waals surface area contributed by atoms with Gasteiger partial charge in [0.2, 0.25) is 0 Å². The molecule has 5 rings (SSSR count). The standard InChI is InChI=1S/C29H35N7O2/c1-3-4-9-27-31-28(24-16-14-22(15-17-24)20(2)29(37)38)35(32-27)18-21-10-12-23(13-11-21)25-7-5-6-8-26(25)36-19-30-33-34-36/h5-8,10-13,19-20,22,24H,3-4,9,14-18H2,1-2H3,(H,37,38). The first-order chi connectivity index (χ1) is 18.5. The lowest BCUT2D eigenvalue weighted by molar-refractivity contribution is -0.143. The molecule has 1 fully saturated rings. The van der Waals surface area contributed by atoms with Crippen molar-refractivity contribution < 1.29 is 9.90 Å². The largest absolute Gasteiger partial charge is 0.481 e. The van der Waals surface area contributed by atoms with Crippen molar-refractivity contribution in [3.63, 3.8) is 0 Å². The molecule has 0 spiro atoms. The molecule has 38 heavy (non-hydrogen) atoms. The summed E-state index contributed by atoms with van der Waals surface area (Å²) in [6.45, 7) is 4.68. The van der Waals surface area contributed by atoms with Crippen molar-refractivity contribution in [2.75, 3.05) is 0 Å². The lowest BCUT2D eigenvalue weighted by Crippen LogP contribution is -2.26. The minimum atomic E-state index is -0.692. The number of aromatic nitrogens is 7. The Morgan fingerprint density at radius 1 is 1.08 bits per heavy atom. The fraction of sp³-hybridized carbons (Fsp3) is 0.448. The smallest absolute Gasteiger partial charge is 0.306 e. The molecule has 2 aromatic carbocycles. The molecular formula is C29H35N7O2. The van der Waals surface area contributed by atoms with Gasteiger partial charge in [0, 0.05) is 17.9 Å². The van der Waals surface area contributed by atoms with Crippen molar-refractivity contribution in [3.8, 4) is 16.8 Å². The van der Waals surface area contributed by atoms with E-state index in [1.807, 2.05) is 25.1 Å². The van der Waals surface area contributed by atoms with Crippen molar-refractivity contribution >= 4 is 5.97 Å². The van der Waals surface area contributed by atoms with Gasteiger partial charge >= 0.3 is 5.97 Å². The fourth-order valence-electron chi connectivity index (χ4n) is 5.49. The predicted octanol–water partition coefficient (Wildman–Crippen LogP) is 5.31. The molecule has 1 aliphatic carbocycles. The highest BCUT2D eigenvalue weighted by Gasteiger charge is 2.31. The van der Waals surface area contributed by atoms with E-state index in [1.165, 1.54) is 0 Å². The number of hydrogen-bond acceptors (Lipinski definition) is 6. The molecule has 1 N–H and O–H groups in total. The van der Waals surface area contributed by atoms with Gasteiger partial charge in [-0.05, 0) is 65.6 Å². The number of tetrazole rings is 1. The van der Waals surface area contributed by atoms with E-state index >= 15 is 0 Å². The average Bonchev–Trinajstić information content (AvgIpc) is 3.63. The van der Waals surface area contributed by atoms with Gasteiger partial charge in [-0.3, -0.25) is 4.79 Å². The van der Waals surface area contributed by atoms with Crippen molar-refractivity contribution in [3.05, 3.63) is 72.1 Å². The monoisotopic (exact) mass is 513 g/mol. The maximum absolute atomic E-state index is 11.5. The van der Waals surface area contributed by atoms with E-state index in [0.717, 1.165) is 79.0 Å². The van der Waals surface area contributed by atoms with Crippen LogP contribution in [0.5, 0.6) is 0 Å². The van der Waals surface area contributed by atoms with Gasteiger partial charge in [-0.15, -0.1) is 5.10 Å². The quantitative estimate of drug-likeness (QED) is 0.306. The van der Waals surface area contributed by atoms with E-state index < -0.39 is 5.97 Å². The van der Waals surface area contributed by atoms with Gasteiger partial charge in [-0.2, -0.15) is 9.78 Å². The molecule has 0 bridgehead atoms. The lowest BCUT2D eigenvalue weighted by Gasteiger charge is -2.30. The van der Waals surface area contributed by atoms with Crippen LogP contribution in [0.1, 0.15) is 75.5 Å². The van der Waals surface area contributed by atoms with Crippen LogP contribution in [-0.4, -0.2) is 46.0 Å². The Kier molecular flexibility index (Phi) is 7.91. The summed E-state index contributed by atoms with van der Waals surface area (Å²) in [6, 6.07) is 16.6. The van der Waals surface area contributed by atoms with Gasteiger partial charge in [0.05, 0.1) is 18.2 Å². The molecule has 0 aliphatic heterocycles. The third kappa shape index (κ3) is 5.66. The molecule has 198 valence electrons. The first-order valence-corrected chi connectivity index (χ1v) is 13.6. The summed E-state index contributed by atoms with van der Waals surface area (Å²) < 4.78 is 3.76. The summed E-state index contributed by atoms with van der Waals surface area (Å²) in [5, 5.41) is 25.9. The number of carboxylic acid groups (broad SMARTS) is 1. The molecule has 1 aliphatic rings. The number of hydrogen-bond donors (Lipinski definition) is 1. The van der Waals surface area contributed by atoms with Crippen LogP contribution in [0.4, 0.5) is 0 Å². The number of rotatable bonds is 10. The molecule has 9 heteroatoms. The third-order valence-electron chi connectivity index (χ3n) is 7.83. The number of carboxylic acids is 1. The second kappa shape index (κ2) is 11.7. The molecule has 1 saturated carbocycles. The maximum atomic E-state index is 11.5. The Labute approximate surface area is 222 Å². The number of carbonyl (C=O) groups is 1. The van der Waals surface area contributed by atoms with Crippen molar-refractivity contribution in [2.24, 2.45) is 11.8 Å². The van der Waals surface area contributed by atoms with Crippen LogP contribution < -0.4 is 0 Å². The Bertz CT molecular complexity index is 1340. The van der Waals surface area contributed by atoms with Crippen molar-refractivity contribution in [1.29, 1.82) is 0 Å². The Balaban J connectivity index is 1.35. The van der Waals surface area contributed by atoms with Crippen LogP contribution in [0.3, 0.4) is 0 Å². The van der Waals surface area contributed by atoms with E-state index in [9.17, 15) is 9.90 Å². The molecule has 1 atom stereocenters. The van der Waals surface area contributed by atoms with Crippen LogP contribution in [0, 0.1) is 11.8 Å². The van der Waals surface area contributed by atoms with Gasteiger partial charge < -0.3 is 5.11 Å². The highest BCUT2D eigenvalue weighted by Crippen LogP contribution is 2.38. The summed E-state index contributed by atoms with van der Waals surface area (Å²) >= 11 is 0. The molecule has 4 aromatic rings. The normalized spacial score (nSPS) is 18.4. The molecule has 0 saturated heterocycles. The zero-order valence-electron chi connectivity index (χ0n) is 22.1. The van der Waals surface area contributed by atoms with Gasteiger partial charge in [0.25, 0.3) is 0 Å². The maximum Gasteiger partial charge on any atom is 0.306 e. The second-order valence-electron chi connectivity index (χ2n) is 10.4. The van der Waals surface area contributed by atoms with Gasteiger partial charge in [-0.25, -0.2) is 9.67 Å². The number of para-hydroxylation sites is 1. The van der Waals surface area contributed by atoms with Crippen LogP contribution >= 0.6 is 0 Å². The van der Waals surface area contributed by atoms with Crippen LogP contribution in [-0.2, 0) is 17.8 Å². The Morgan fingerprint density at radius 3 is 2.53 bits per heavy atom. The summed E-state index contributed by atoms with van der Waals surface area (Å²) in [6.07, 6.45) is 8.43. The second-order valence-corrected chi connectivity index (χ2v) is 10.4. The minimum Gasteiger partial charge on any atom is -0.481 e. The minimum absolute atomic E-state index is 0.239. The third-order valence-corrected chi connectivity index (χ3v) is 7.83. The average molecular weight is 514 g/mol. The summed E-state index contributed by atoms with van der Waals surface area (Å²) in [5.41, 5.74) is 4.24. The first-order valence-electron chi connectivity index (χ1n) is 13.6. The van der Waals surface area contributed by atoms with Crippen LogP contribution in [0.25, 0.3) is 16.8 Å². The highest BCUT2D eigenvalue weighted by atomic mass is 16.4. The van der Waals surface area contributed by atoms with Gasteiger partial charge in [0.15, 0.2) is 5.82 Å². The Hall–Kier alpha value is -3.88. The SMILES string of the molecule is CCCCc1nc(C2CCC(C(C)C(=O)O)CC2)n(Cc2ccc(-c3ccccc3-n3cnnn3)cc2)n1. The van der Waals surface area contributed by atoms with E-state index in [-0.39, 0.29) is 11.8 Å². The number of unbranched alkanes of at least 4 members (excludes halogenated alkanes) is 1. The summed E-state index contributed by atoms with van der Waals surface area (Å²) in [5.74, 6) is 1.53. The zero-order chi connectivity index (χ0) is 26.5. The van der Waals surface area contributed by atoms with Crippen molar-refractivity contribution in [1.82, 2.24) is 35.0 Å². The van der Waals surface area contributed by atoms with Crippen molar-refractivity contribution in [2.45, 2.75) is 71.3 Å². The molecule has 9 nitrogen and oxygen atoms in total. The number of aryl methyl sites for hydroxylation is 1. The number of nitrogens with zero attached hydrogens (tertiary/aromatic N) is 7. The fourth-order valence-corrected chi connectivity index (χ4v) is 5.49. The Morgan fingerprint density at radius 2 is 1.84 bits per heavy atom. The lowest BCUT2D eigenvalue weighted by atomic mass is 9.76. The number of benzene rings is 2. The molecule has 1 unspecified atom stereocenters. The molecule has 0 radical (unpaired) electrons. The van der Waals surface area contributed by atoms with Crippen LogP contribution in [0.2, 0.25) is 0 Å². The van der Waals surface area contributed by atoms with Gasteiger partial charge in [0.1, 0.15) is 12.2 Å². The van der Waals surface area contributed by atoms with Crippen LogP contribution in [0.15, 0.2) is 54.9 Å². The zero-order valence-corrected chi connectivity index (χ0v) is 22.1. The van der Waals surface area contributed by atoms with E-state index in [4.69, 9.17) is 10.1 Å². The first kappa shape index (κ1) is 25.8. The van der Waals surface area contributed by atoms with E-state index in [2.05, 4.69) is 57.5 Å². The predicted molar refractivity (Wildman–Crippen MR) is 144 cm³/mol. The van der Waals surface area contributed by atoms with E-state index in [0.29, 0.717) is 12.5 Å². The number of aliphatic carboxylic acids is 1. The van der Waals surface area contributed by atoms with E-state index in [1.54, 1.807) is 11.0 Å².